The third-order valence-electron chi connectivity index (χ3n) is 5.76. The molecule has 4 rings (SSSR count). The molecule has 1 aromatic rings. The monoisotopic (exact) mass is 374 g/mol. The second-order valence-electron chi connectivity index (χ2n) is 8.15. The van der Waals surface area contributed by atoms with E-state index in [4.69, 9.17) is 9.47 Å². The van der Waals surface area contributed by atoms with Gasteiger partial charge in [0.25, 0.3) is 5.91 Å². The van der Waals surface area contributed by atoms with E-state index in [-0.39, 0.29) is 18.8 Å². The predicted molar refractivity (Wildman–Crippen MR) is 98.2 cm³/mol. The Morgan fingerprint density at radius 2 is 1.89 bits per heavy atom. The van der Waals surface area contributed by atoms with Gasteiger partial charge in [0.2, 0.25) is 0 Å². The second kappa shape index (κ2) is 6.67. The van der Waals surface area contributed by atoms with Crippen LogP contribution in [0.1, 0.15) is 25.8 Å². The maximum Gasteiger partial charge on any atom is 0.265 e. The van der Waals surface area contributed by atoms with Crippen molar-refractivity contribution in [3.8, 4) is 0 Å². The number of carbonyl (C=O) groups is 2. The lowest BCUT2D eigenvalue weighted by atomic mass is 9.76. The van der Waals surface area contributed by atoms with E-state index in [0.717, 1.165) is 13.1 Å². The zero-order chi connectivity index (χ0) is 19.2. The maximum absolute atomic E-state index is 13.4. The zero-order valence-electron chi connectivity index (χ0n) is 15.8. The van der Waals surface area contributed by atoms with Crippen molar-refractivity contribution in [2.24, 2.45) is 5.92 Å². The van der Waals surface area contributed by atoms with E-state index < -0.39 is 23.0 Å². The first kappa shape index (κ1) is 18.6. The number of Topliss-reactive ketones (excluding diaryl/α,β-unsaturated/α-hetero) is 1. The first-order valence-electron chi connectivity index (χ1n) is 9.43. The highest BCUT2D eigenvalue weighted by Crippen LogP contribution is 2.47. The molecule has 3 aliphatic heterocycles. The average Bonchev–Trinajstić information content (AvgIpc) is 2.85. The van der Waals surface area contributed by atoms with Crippen molar-refractivity contribution in [2.75, 3.05) is 44.5 Å². The smallest absolute Gasteiger partial charge is 0.265 e. The molecule has 146 valence electrons. The van der Waals surface area contributed by atoms with E-state index in [1.807, 2.05) is 26.0 Å². The van der Waals surface area contributed by atoms with Crippen molar-refractivity contribution in [1.29, 1.82) is 0 Å². The summed E-state index contributed by atoms with van der Waals surface area (Å²) in [7, 11) is 0. The van der Waals surface area contributed by atoms with Crippen molar-refractivity contribution in [3.05, 3.63) is 29.8 Å². The largest absolute Gasteiger partial charge is 0.379 e. The molecule has 3 aliphatic rings. The first-order valence-corrected chi connectivity index (χ1v) is 9.43. The number of hydrogen-bond donors (Lipinski definition) is 1. The van der Waals surface area contributed by atoms with Gasteiger partial charge < -0.3 is 14.6 Å². The standard InChI is InChI=1S/C20H26N2O5/c1-19(2)11-17(23)15(12-27-19)20(25)14-5-3-4-6-16(14)22(18(20)24)13-21-7-9-26-10-8-21/h3-6,15,25H,7-13H2,1-2H3/t15-,20-/m0/s1. The van der Waals surface area contributed by atoms with E-state index >= 15 is 0 Å². The topological polar surface area (TPSA) is 79.3 Å². The number of anilines is 1. The van der Waals surface area contributed by atoms with Gasteiger partial charge in [-0.05, 0) is 19.9 Å². The van der Waals surface area contributed by atoms with Gasteiger partial charge in [0.1, 0.15) is 5.78 Å². The van der Waals surface area contributed by atoms with Crippen LogP contribution in [0.15, 0.2) is 24.3 Å². The van der Waals surface area contributed by atoms with Gasteiger partial charge in [0.15, 0.2) is 5.60 Å². The van der Waals surface area contributed by atoms with Crippen LogP contribution in [0.4, 0.5) is 5.69 Å². The predicted octanol–water partition coefficient (Wildman–Crippen LogP) is 0.895. The Labute approximate surface area is 158 Å². The van der Waals surface area contributed by atoms with Crippen LogP contribution in [0.3, 0.4) is 0 Å². The normalized spacial score (nSPS) is 31.2. The van der Waals surface area contributed by atoms with Gasteiger partial charge in [0, 0.05) is 25.1 Å². The molecule has 0 saturated carbocycles. The number of fused-ring (bicyclic) bond motifs is 1. The number of benzene rings is 1. The van der Waals surface area contributed by atoms with E-state index in [0.29, 0.717) is 31.1 Å². The fourth-order valence-electron chi connectivity index (χ4n) is 4.23. The van der Waals surface area contributed by atoms with Gasteiger partial charge in [-0.1, -0.05) is 18.2 Å². The summed E-state index contributed by atoms with van der Waals surface area (Å²) in [5.74, 6) is -1.48. The van der Waals surface area contributed by atoms with Gasteiger partial charge in [-0.3, -0.25) is 19.4 Å². The molecule has 27 heavy (non-hydrogen) atoms. The number of rotatable bonds is 3. The van der Waals surface area contributed by atoms with E-state index in [9.17, 15) is 14.7 Å². The van der Waals surface area contributed by atoms with Gasteiger partial charge in [-0.15, -0.1) is 0 Å². The van der Waals surface area contributed by atoms with Crippen molar-refractivity contribution in [1.82, 2.24) is 4.90 Å². The molecule has 2 fully saturated rings. The summed E-state index contributed by atoms with van der Waals surface area (Å²) in [6.07, 6.45) is 0.179. The molecule has 1 N–H and O–H groups in total. The van der Waals surface area contributed by atoms with Gasteiger partial charge >= 0.3 is 0 Å². The Hall–Kier alpha value is -1.80. The number of morpholine rings is 1. The Balaban J connectivity index is 1.67. The number of nitrogens with zero attached hydrogens (tertiary/aromatic N) is 2. The number of carbonyl (C=O) groups excluding carboxylic acids is 2. The SMILES string of the molecule is CC1(C)CC(=O)[C@@H]([C@]2(O)C(=O)N(CN3CCOCC3)c3ccccc32)CO1. The summed E-state index contributed by atoms with van der Waals surface area (Å²) in [5.41, 5.74) is -1.30. The maximum atomic E-state index is 13.4. The van der Waals surface area contributed by atoms with E-state index in [1.165, 1.54) is 0 Å². The molecular weight excluding hydrogens is 348 g/mol. The summed E-state index contributed by atoms with van der Waals surface area (Å²) < 4.78 is 11.2. The van der Waals surface area contributed by atoms with Crippen LogP contribution < -0.4 is 4.90 Å². The molecule has 2 atom stereocenters. The Kier molecular flexibility index (Phi) is 4.58. The number of para-hydroxylation sites is 1. The molecule has 0 unspecified atom stereocenters. The fraction of sp³-hybridized carbons (Fsp3) is 0.600. The number of ether oxygens (including phenoxy) is 2. The number of aliphatic hydroxyl groups is 1. The molecular formula is C20H26N2O5. The molecule has 0 bridgehead atoms. The molecule has 7 heteroatoms. The summed E-state index contributed by atoms with van der Waals surface area (Å²) in [6, 6.07) is 7.18. The van der Waals surface area contributed by atoms with Crippen molar-refractivity contribution in [2.45, 2.75) is 31.5 Å². The van der Waals surface area contributed by atoms with Crippen LogP contribution in [0.2, 0.25) is 0 Å². The highest BCUT2D eigenvalue weighted by atomic mass is 16.5. The molecule has 3 heterocycles. The molecule has 0 aromatic heterocycles. The molecule has 0 aliphatic carbocycles. The minimum atomic E-state index is -1.88. The summed E-state index contributed by atoms with van der Waals surface area (Å²) in [4.78, 5) is 29.9. The number of hydrogen-bond acceptors (Lipinski definition) is 6. The molecule has 0 spiro atoms. The molecule has 7 nitrogen and oxygen atoms in total. The highest BCUT2D eigenvalue weighted by molar-refractivity contribution is 6.09. The van der Waals surface area contributed by atoms with Crippen molar-refractivity contribution in [3.63, 3.8) is 0 Å². The lowest BCUT2D eigenvalue weighted by Crippen LogP contribution is -2.55. The summed E-state index contributed by atoms with van der Waals surface area (Å²) >= 11 is 0. The first-order chi connectivity index (χ1) is 12.8. The van der Waals surface area contributed by atoms with Crippen LogP contribution in [-0.2, 0) is 24.7 Å². The zero-order valence-corrected chi connectivity index (χ0v) is 15.8. The van der Waals surface area contributed by atoms with Crippen LogP contribution in [0, 0.1) is 5.92 Å². The van der Waals surface area contributed by atoms with Gasteiger partial charge in [-0.25, -0.2) is 0 Å². The lowest BCUT2D eigenvalue weighted by Gasteiger charge is -2.39. The Morgan fingerprint density at radius 1 is 1.19 bits per heavy atom. The second-order valence-corrected chi connectivity index (χ2v) is 8.15. The third-order valence-corrected chi connectivity index (χ3v) is 5.76. The fourth-order valence-corrected chi connectivity index (χ4v) is 4.23. The number of amides is 1. The Bertz CT molecular complexity index is 758. The van der Waals surface area contributed by atoms with Gasteiger partial charge in [-0.2, -0.15) is 0 Å². The van der Waals surface area contributed by atoms with Crippen LogP contribution in [-0.4, -0.2) is 66.9 Å². The summed E-state index contributed by atoms with van der Waals surface area (Å²) in [5, 5.41) is 11.5. The summed E-state index contributed by atoms with van der Waals surface area (Å²) in [6.45, 7) is 6.80. The molecule has 0 radical (unpaired) electrons. The molecule has 1 amide bonds. The van der Waals surface area contributed by atoms with Crippen LogP contribution >= 0.6 is 0 Å². The molecule has 1 aromatic carbocycles. The quantitative estimate of drug-likeness (QED) is 0.847. The van der Waals surface area contributed by atoms with Crippen LogP contribution in [0.25, 0.3) is 0 Å². The number of ketones is 1. The van der Waals surface area contributed by atoms with Crippen LogP contribution in [0.5, 0.6) is 0 Å². The minimum Gasteiger partial charge on any atom is -0.379 e. The lowest BCUT2D eigenvalue weighted by molar-refractivity contribution is -0.172. The van der Waals surface area contributed by atoms with E-state index in [1.54, 1.807) is 17.0 Å². The van der Waals surface area contributed by atoms with Crippen molar-refractivity contribution >= 4 is 17.4 Å². The van der Waals surface area contributed by atoms with Crippen molar-refractivity contribution < 1.29 is 24.2 Å². The van der Waals surface area contributed by atoms with Gasteiger partial charge in [0.05, 0.1) is 43.7 Å². The molecule has 2 saturated heterocycles. The van der Waals surface area contributed by atoms with E-state index in [2.05, 4.69) is 4.90 Å². The third kappa shape index (κ3) is 3.08. The highest BCUT2D eigenvalue weighted by Gasteiger charge is 2.58. The minimum absolute atomic E-state index is 0.0355. The Morgan fingerprint density at radius 3 is 2.59 bits per heavy atom. The average molecular weight is 374 g/mol.